The number of ether oxygens (including phenoxy) is 2. The van der Waals surface area contributed by atoms with E-state index in [2.05, 4.69) is 20.4 Å². The summed E-state index contributed by atoms with van der Waals surface area (Å²) in [6.07, 6.45) is 6.71. The largest absolute Gasteiger partial charge is 0.493 e. The highest BCUT2D eigenvalue weighted by molar-refractivity contribution is 7.17. The molecule has 8 nitrogen and oxygen atoms in total. The Kier molecular flexibility index (Phi) is 6.43. The van der Waals surface area contributed by atoms with E-state index in [1.54, 1.807) is 30.7 Å². The fourth-order valence-electron chi connectivity index (χ4n) is 3.59. The normalized spacial score (nSPS) is 16.2. The summed E-state index contributed by atoms with van der Waals surface area (Å²) in [5.41, 5.74) is 5.81. The van der Waals surface area contributed by atoms with Crippen LogP contribution < -0.4 is 14.9 Å². The van der Waals surface area contributed by atoms with Crippen molar-refractivity contribution in [3.8, 4) is 22.2 Å². The highest BCUT2D eigenvalue weighted by Crippen LogP contribution is 2.33. The highest BCUT2D eigenvalue weighted by atomic mass is 32.1. The van der Waals surface area contributed by atoms with Crippen LogP contribution in [-0.4, -0.2) is 46.1 Å². The number of aryl methyl sites for hydroxylation is 1. The van der Waals surface area contributed by atoms with Crippen molar-refractivity contribution in [1.29, 1.82) is 0 Å². The van der Waals surface area contributed by atoms with Gasteiger partial charge in [0.15, 0.2) is 11.5 Å². The minimum absolute atomic E-state index is 0.00972. The number of hydrazine groups is 1. The zero-order chi connectivity index (χ0) is 21.8. The van der Waals surface area contributed by atoms with Crippen LogP contribution in [0.5, 0.6) is 11.5 Å². The molecule has 2 aromatic heterocycles. The van der Waals surface area contributed by atoms with Crippen molar-refractivity contribution >= 4 is 17.2 Å². The van der Waals surface area contributed by atoms with Crippen molar-refractivity contribution in [3.63, 3.8) is 0 Å². The Labute approximate surface area is 185 Å². The maximum Gasteiger partial charge on any atom is 0.279 e. The van der Waals surface area contributed by atoms with Crippen LogP contribution in [0.15, 0.2) is 36.8 Å². The second kappa shape index (κ2) is 9.40. The molecule has 0 bridgehead atoms. The minimum atomic E-state index is -0.0756. The first-order chi connectivity index (χ1) is 15.1. The van der Waals surface area contributed by atoms with E-state index in [0.717, 1.165) is 18.4 Å². The third-order valence-corrected chi connectivity index (χ3v) is 6.26. The number of carbonyl (C=O) groups excluding carboxylic acids is 1. The van der Waals surface area contributed by atoms with Crippen LogP contribution in [0.3, 0.4) is 0 Å². The van der Waals surface area contributed by atoms with Crippen LogP contribution in [0.1, 0.15) is 46.7 Å². The Balaban J connectivity index is 1.53. The highest BCUT2D eigenvalue weighted by Gasteiger charge is 2.28. The van der Waals surface area contributed by atoms with Crippen molar-refractivity contribution in [1.82, 2.24) is 25.4 Å². The second-order valence-corrected chi connectivity index (χ2v) is 8.15. The molecule has 0 saturated carbocycles. The maximum absolute atomic E-state index is 13.3. The summed E-state index contributed by atoms with van der Waals surface area (Å²) in [5, 5.41) is 2.39. The number of amides is 1. The molecular weight excluding hydrogens is 414 g/mol. The molecule has 1 aromatic carbocycles. The van der Waals surface area contributed by atoms with Gasteiger partial charge < -0.3 is 9.47 Å². The zero-order valence-electron chi connectivity index (χ0n) is 17.8. The lowest BCUT2D eigenvalue weighted by Crippen LogP contribution is -2.48. The first-order valence-electron chi connectivity index (χ1n) is 10.2. The molecule has 31 heavy (non-hydrogen) atoms. The number of carbonyl (C=O) groups is 1. The standard InChI is InChI=1S/C22H25N5O3S/c1-4-30-19-12-15(7-8-18(19)29-3)16-6-5-11-27(26-16)22(28)20-14(2)25-21(31-20)17-13-23-9-10-24-17/h7-10,12-13,16,26H,4-6,11H2,1-3H3. The lowest BCUT2D eigenvalue weighted by molar-refractivity contribution is 0.0537. The number of nitrogens with one attached hydrogen (secondary N) is 1. The molecule has 3 heterocycles. The van der Waals surface area contributed by atoms with Gasteiger partial charge in [0, 0.05) is 18.9 Å². The first-order valence-corrected chi connectivity index (χ1v) is 11.0. The molecule has 1 aliphatic heterocycles. The van der Waals surface area contributed by atoms with E-state index in [9.17, 15) is 4.79 Å². The fraction of sp³-hybridized carbons (Fsp3) is 0.364. The van der Waals surface area contributed by atoms with Crippen molar-refractivity contribution in [2.45, 2.75) is 32.7 Å². The molecule has 1 unspecified atom stereocenters. The van der Waals surface area contributed by atoms with E-state index in [1.807, 2.05) is 32.0 Å². The predicted molar refractivity (Wildman–Crippen MR) is 118 cm³/mol. The van der Waals surface area contributed by atoms with Gasteiger partial charge in [0.1, 0.15) is 15.6 Å². The van der Waals surface area contributed by atoms with Crippen molar-refractivity contribution in [3.05, 3.63) is 52.9 Å². The van der Waals surface area contributed by atoms with Crippen LogP contribution >= 0.6 is 11.3 Å². The number of hydrogen-bond donors (Lipinski definition) is 1. The van der Waals surface area contributed by atoms with Gasteiger partial charge in [-0.3, -0.25) is 19.8 Å². The number of hydrogen-bond acceptors (Lipinski definition) is 8. The van der Waals surface area contributed by atoms with Gasteiger partial charge in [-0.1, -0.05) is 6.07 Å². The summed E-state index contributed by atoms with van der Waals surface area (Å²) in [7, 11) is 1.63. The molecule has 1 fully saturated rings. The molecule has 4 rings (SSSR count). The minimum Gasteiger partial charge on any atom is -0.493 e. The van der Waals surface area contributed by atoms with Crippen LogP contribution in [0.2, 0.25) is 0 Å². The molecule has 1 amide bonds. The summed E-state index contributed by atoms with van der Waals surface area (Å²) in [6, 6.07) is 5.91. The first kappa shape index (κ1) is 21.2. The number of thiazole rings is 1. The molecule has 0 radical (unpaired) electrons. The molecule has 1 aliphatic rings. The molecule has 0 aliphatic carbocycles. The average molecular weight is 440 g/mol. The second-order valence-electron chi connectivity index (χ2n) is 7.15. The summed E-state index contributed by atoms with van der Waals surface area (Å²) in [4.78, 5) is 26.8. The van der Waals surface area contributed by atoms with E-state index in [-0.39, 0.29) is 11.9 Å². The lowest BCUT2D eigenvalue weighted by Gasteiger charge is -2.34. The van der Waals surface area contributed by atoms with Crippen molar-refractivity contribution in [2.24, 2.45) is 0 Å². The fourth-order valence-corrected chi connectivity index (χ4v) is 4.56. The average Bonchev–Trinajstić information content (AvgIpc) is 3.21. The Morgan fingerprint density at radius 1 is 1.32 bits per heavy atom. The quantitative estimate of drug-likeness (QED) is 0.625. The van der Waals surface area contributed by atoms with Gasteiger partial charge in [-0.15, -0.1) is 11.3 Å². The third kappa shape index (κ3) is 4.52. The van der Waals surface area contributed by atoms with Gasteiger partial charge >= 0.3 is 0 Å². The molecule has 9 heteroatoms. The number of nitrogens with zero attached hydrogens (tertiary/aromatic N) is 4. The van der Waals surface area contributed by atoms with Crippen molar-refractivity contribution in [2.75, 3.05) is 20.3 Å². The molecule has 1 N–H and O–H groups in total. The third-order valence-electron chi connectivity index (χ3n) is 5.09. The number of benzene rings is 1. The smallest absolute Gasteiger partial charge is 0.279 e. The summed E-state index contributed by atoms with van der Waals surface area (Å²) in [6.45, 7) is 4.99. The molecule has 162 valence electrons. The number of aromatic nitrogens is 3. The van der Waals surface area contributed by atoms with Crippen LogP contribution in [0.25, 0.3) is 10.7 Å². The SMILES string of the molecule is CCOc1cc(C2CCCN(C(=O)c3sc(-c4cnccn4)nc3C)N2)ccc1OC. The topological polar surface area (TPSA) is 89.5 Å². The van der Waals surface area contributed by atoms with Gasteiger partial charge in [0.05, 0.1) is 31.6 Å². The molecular formula is C22H25N5O3S. The lowest BCUT2D eigenvalue weighted by atomic mass is 10.00. The van der Waals surface area contributed by atoms with Crippen molar-refractivity contribution < 1.29 is 14.3 Å². The Morgan fingerprint density at radius 2 is 2.19 bits per heavy atom. The predicted octanol–water partition coefficient (Wildman–Crippen LogP) is 3.80. The van der Waals surface area contributed by atoms with Crippen LogP contribution in [-0.2, 0) is 0 Å². The van der Waals surface area contributed by atoms with E-state index in [1.165, 1.54) is 11.3 Å². The van der Waals surface area contributed by atoms with Gasteiger partial charge in [0.25, 0.3) is 5.91 Å². The molecule has 3 aromatic rings. The van der Waals surface area contributed by atoms with Gasteiger partial charge in [-0.2, -0.15) is 0 Å². The summed E-state index contributed by atoms with van der Waals surface area (Å²) < 4.78 is 11.1. The van der Waals surface area contributed by atoms with E-state index in [0.29, 0.717) is 45.9 Å². The van der Waals surface area contributed by atoms with E-state index < -0.39 is 0 Å². The number of methoxy groups -OCH3 is 1. The monoisotopic (exact) mass is 439 g/mol. The van der Waals surface area contributed by atoms with Gasteiger partial charge in [-0.25, -0.2) is 10.4 Å². The molecule has 1 atom stereocenters. The number of rotatable bonds is 6. The van der Waals surface area contributed by atoms with Crippen LogP contribution in [0.4, 0.5) is 0 Å². The maximum atomic E-state index is 13.3. The Hall–Kier alpha value is -3.04. The van der Waals surface area contributed by atoms with E-state index in [4.69, 9.17) is 9.47 Å². The van der Waals surface area contributed by atoms with Gasteiger partial charge in [0.2, 0.25) is 0 Å². The summed E-state index contributed by atoms with van der Waals surface area (Å²) >= 11 is 1.34. The van der Waals surface area contributed by atoms with Gasteiger partial charge in [-0.05, 0) is 44.4 Å². The van der Waals surface area contributed by atoms with E-state index >= 15 is 0 Å². The molecule has 0 spiro atoms. The van der Waals surface area contributed by atoms with Crippen LogP contribution in [0, 0.1) is 6.92 Å². The summed E-state index contributed by atoms with van der Waals surface area (Å²) in [5.74, 6) is 1.33. The molecule has 1 saturated heterocycles. The Morgan fingerprint density at radius 3 is 2.94 bits per heavy atom. The Bertz CT molecular complexity index is 1060. The zero-order valence-corrected chi connectivity index (χ0v) is 18.6.